The second-order valence-electron chi connectivity index (χ2n) is 8.82. The summed E-state index contributed by atoms with van der Waals surface area (Å²) in [4.78, 5) is 13.2. The average molecular weight is 370 g/mol. The van der Waals surface area contributed by atoms with Gasteiger partial charge in [0.25, 0.3) is 0 Å². The largest absolute Gasteiger partial charge is 0.507 e. The number of phenols is 1. The Kier molecular flexibility index (Phi) is 5.60. The molecule has 2 aromatic rings. The molecule has 0 bridgehead atoms. The molecule has 2 aromatic carbocycles. The standard InChI is InChI=1S/C23H30O4/c1-22(2,3)16-11-15(12-17(21(16)25)23(4,5)6)20(24)14-9-10-18(26-7)19(13-14)27-8/h9-13,25H,1-8H3. The summed E-state index contributed by atoms with van der Waals surface area (Å²) in [6, 6.07) is 8.72. The molecule has 0 saturated heterocycles. The zero-order valence-corrected chi connectivity index (χ0v) is 17.6. The lowest BCUT2D eigenvalue weighted by molar-refractivity contribution is 0.103. The van der Waals surface area contributed by atoms with Crippen molar-refractivity contribution in [1.82, 2.24) is 0 Å². The lowest BCUT2D eigenvalue weighted by Gasteiger charge is -2.28. The molecule has 0 heterocycles. The number of carbonyl (C=O) groups is 1. The minimum Gasteiger partial charge on any atom is -0.507 e. The lowest BCUT2D eigenvalue weighted by Crippen LogP contribution is -2.19. The molecule has 0 aliphatic rings. The number of aromatic hydroxyl groups is 1. The minimum atomic E-state index is -0.294. The van der Waals surface area contributed by atoms with Crippen molar-refractivity contribution in [2.45, 2.75) is 52.4 Å². The van der Waals surface area contributed by atoms with Crippen LogP contribution in [0.15, 0.2) is 30.3 Å². The molecular formula is C23H30O4. The van der Waals surface area contributed by atoms with Crippen LogP contribution in [0.25, 0.3) is 0 Å². The third-order valence-electron chi connectivity index (χ3n) is 4.63. The van der Waals surface area contributed by atoms with Crippen LogP contribution in [-0.4, -0.2) is 25.1 Å². The minimum absolute atomic E-state index is 0.119. The highest BCUT2D eigenvalue weighted by molar-refractivity contribution is 6.09. The monoisotopic (exact) mass is 370 g/mol. The molecule has 4 nitrogen and oxygen atoms in total. The van der Waals surface area contributed by atoms with Gasteiger partial charge in [-0.25, -0.2) is 0 Å². The van der Waals surface area contributed by atoms with Crippen LogP contribution in [0, 0.1) is 0 Å². The Morgan fingerprint density at radius 1 is 0.778 bits per heavy atom. The van der Waals surface area contributed by atoms with Gasteiger partial charge in [0.05, 0.1) is 14.2 Å². The molecule has 146 valence electrons. The van der Waals surface area contributed by atoms with Crippen LogP contribution in [0.2, 0.25) is 0 Å². The molecule has 0 aromatic heterocycles. The van der Waals surface area contributed by atoms with Gasteiger partial charge in [-0.2, -0.15) is 0 Å². The van der Waals surface area contributed by atoms with Crippen LogP contribution in [0.4, 0.5) is 0 Å². The van der Waals surface area contributed by atoms with Gasteiger partial charge in [-0.1, -0.05) is 41.5 Å². The van der Waals surface area contributed by atoms with Gasteiger partial charge in [-0.3, -0.25) is 4.79 Å². The van der Waals surface area contributed by atoms with Crippen molar-refractivity contribution in [3.63, 3.8) is 0 Å². The Labute approximate surface area is 162 Å². The first-order valence-electron chi connectivity index (χ1n) is 9.05. The third kappa shape index (κ3) is 4.26. The van der Waals surface area contributed by atoms with Crippen molar-refractivity contribution < 1.29 is 19.4 Å². The van der Waals surface area contributed by atoms with E-state index in [1.165, 1.54) is 0 Å². The Hall–Kier alpha value is -2.49. The highest BCUT2D eigenvalue weighted by Crippen LogP contribution is 2.40. The maximum absolute atomic E-state index is 13.2. The number of rotatable bonds is 4. The molecule has 0 aliphatic heterocycles. The molecule has 0 fully saturated rings. The summed E-state index contributed by atoms with van der Waals surface area (Å²) in [7, 11) is 3.10. The van der Waals surface area contributed by atoms with Gasteiger partial charge in [-0.05, 0) is 41.2 Å². The Bertz CT molecular complexity index is 817. The van der Waals surface area contributed by atoms with Crippen LogP contribution in [0.1, 0.15) is 68.6 Å². The SMILES string of the molecule is COc1ccc(C(=O)c2cc(C(C)(C)C)c(O)c(C(C)(C)C)c2)cc1OC. The number of ether oxygens (including phenoxy) is 2. The molecule has 0 aliphatic carbocycles. The Morgan fingerprint density at radius 3 is 1.67 bits per heavy atom. The van der Waals surface area contributed by atoms with E-state index < -0.39 is 0 Å². The summed E-state index contributed by atoms with van der Waals surface area (Å²) in [6.45, 7) is 12.2. The molecule has 0 amide bonds. The van der Waals surface area contributed by atoms with Crippen molar-refractivity contribution in [2.24, 2.45) is 0 Å². The number of hydrogen-bond acceptors (Lipinski definition) is 4. The molecule has 0 radical (unpaired) electrons. The third-order valence-corrected chi connectivity index (χ3v) is 4.63. The highest BCUT2D eigenvalue weighted by Gasteiger charge is 2.28. The number of carbonyl (C=O) groups excluding carboxylic acids is 1. The van der Waals surface area contributed by atoms with Crippen LogP contribution in [0.5, 0.6) is 17.2 Å². The lowest BCUT2D eigenvalue weighted by atomic mass is 9.77. The quantitative estimate of drug-likeness (QED) is 0.748. The van der Waals surface area contributed by atoms with Gasteiger partial charge in [0.15, 0.2) is 17.3 Å². The number of phenolic OH excluding ortho intramolecular Hbond substituents is 1. The smallest absolute Gasteiger partial charge is 0.193 e. The molecule has 2 rings (SSSR count). The van der Waals surface area contributed by atoms with Crippen LogP contribution < -0.4 is 9.47 Å². The fourth-order valence-electron chi connectivity index (χ4n) is 3.05. The van der Waals surface area contributed by atoms with E-state index in [4.69, 9.17) is 9.47 Å². The maximum Gasteiger partial charge on any atom is 0.193 e. The number of hydrogen-bond donors (Lipinski definition) is 1. The summed E-state index contributed by atoms with van der Waals surface area (Å²) in [6.07, 6.45) is 0. The average Bonchev–Trinajstić information content (AvgIpc) is 2.58. The van der Waals surface area contributed by atoms with Crippen molar-refractivity contribution in [3.05, 3.63) is 52.6 Å². The van der Waals surface area contributed by atoms with E-state index >= 15 is 0 Å². The van der Waals surface area contributed by atoms with Gasteiger partial charge in [0.2, 0.25) is 0 Å². The normalized spacial score (nSPS) is 12.0. The zero-order chi connectivity index (χ0) is 20.6. The summed E-state index contributed by atoms with van der Waals surface area (Å²) in [5.41, 5.74) is 2.00. The Morgan fingerprint density at radius 2 is 1.26 bits per heavy atom. The van der Waals surface area contributed by atoms with Crippen molar-refractivity contribution in [2.75, 3.05) is 14.2 Å². The maximum atomic E-state index is 13.2. The second kappa shape index (κ2) is 7.26. The molecule has 4 heteroatoms. The molecule has 0 unspecified atom stereocenters. The first-order chi connectivity index (χ1) is 12.4. The van der Waals surface area contributed by atoms with E-state index in [-0.39, 0.29) is 22.4 Å². The summed E-state index contributed by atoms with van der Waals surface area (Å²) >= 11 is 0. The van der Waals surface area contributed by atoms with E-state index in [0.717, 1.165) is 11.1 Å². The van der Waals surface area contributed by atoms with E-state index in [2.05, 4.69) is 0 Å². The molecule has 0 saturated carbocycles. The van der Waals surface area contributed by atoms with Crippen LogP contribution in [-0.2, 0) is 10.8 Å². The second-order valence-corrected chi connectivity index (χ2v) is 8.82. The topological polar surface area (TPSA) is 55.8 Å². The number of methoxy groups -OCH3 is 2. The fraction of sp³-hybridized carbons (Fsp3) is 0.435. The number of ketones is 1. The Balaban J connectivity index is 2.66. The molecule has 1 N–H and O–H groups in total. The van der Waals surface area contributed by atoms with Gasteiger partial charge in [-0.15, -0.1) is 0 Å². The van der Waals surface area contributed by atoms with E-state index in [0.29, 0.717) is 22.6 Å². The molecular weight excluding hydrogens is 340 g/mol. The predicted molar refractivity (Wildman–Crippen MR) is 108 cm³/mol. The summed E-state index contributed by atoms with van der Waals surface area (Å²) in [5, 5.41) is 10.8. The molecule has 0 atom stereocenters. The van der Waals surface area contributed by atoms with Crippen molar-refractivity contribution in [3.8, 4) is 17.2 Å². The van der Waals surface area contributed by atoms with E-state index in [1.54, 1.807) is 44.6 Å². The highest BCUT2D eigenvalue weighted by atomic mass is 16.5. The first-order valence-corrected chi connectivity index (χ1v) is 9.05. The van der Waals surface area contributed by atoms with E-state index in [1.807, 2.05) is 41.5 Å². The summed E-state index contributed by atoms with van der Waals surface area (Å²) in [5.74, 6) is 1.23. The molecule has 0 spiro atoms. The van der Waals surface area contributed by atoms with E-state index in [9.17, 15) is 9.90 Å². The van der Waals surface area contributed by atoms with Gasteiger partial charge in [0.1, 0.15) is 5.75 Å². The van der Waals surface area contributed by atoms with Crippen LogP contribution in [0.3, 0.4) is 0 Å². The van der Waals surface area contributed by atoms with Crippen LogP contribution >= 0.6 is 0 Å². The van der Waals surface area contributed by atoms with Gasteiger partial charge < -0.3 is 14.6 Å². The van der Waals surface area contributed by atoms with Gasteiger partial charge in [0, 0.05) is 22.3 Å². The van der Waals surface area contributed by atoms with Crippen molar-refractivity contribution in [1.29, 1.82) is 0 Å². The molecule has 27 heavy (non-hydrogen) atoms. The zero-order valence-electron chi connectivity index (χ0n) is 17.6. The number of benzene rings is 2. The first kappa shape index (κ1) is 20.8. The van der Waals surface area contributed by atoms with Gasteiger partial charge >= 0.3 is 0 Å². The fourth-order valence-corrected chi connectivity index (χ4v) is 3.05. The predicted octanol–water partition coefficient (Wildman–Crippen LogP) is 5.24. The van der Waals surface area contributed by atoms with Crippen molar-refractivity contribution >= 4 is 5.78 Å². The summed E-state index contributed by atoms with van der Waals surface area (Å²) < 4.78 is 10.6.